The average molecular weight is 371 g/mol. The maximum atomic E-state index is 12.9. The van der Waals surface area contributed by atoms with Crippen molar-refractivity contribution in [3.63, 3.8) is 0 Å². The number of aromatic nitrogens is 2. The summed E-state index contributed by atoms with van der Waals surface area (Å²) < 4.78 is 12.9. The molecule has 0 aliphatic carbocycles. The molecule has 1 amide bonds. The van der Waals surface area contributed by atoms with Gasteiger partial charge in [-0.25, -0.2) is 14.4 Å². The van der Waals surface area contributed by atoms with Gasteiger partial charge in [0.2, 0.25) is 0 Å². The number of amides is 1. The van der Waals surface area contributed by atoms with Crippen molar-refractivity contribution in [3.8, 4) is 0 Å². The third-order valence-corrected chi connectivity index (χ3v) is 3.97. The molecule has 0 saturated heterocycles. The number of hydrogen-bond acceptors (Lipinski definition) is 4. The van der Waals surface area contributed by atoms with Gasteiger partial charge in [-0.15, -0.1) is 0 Å². The summed E-state index contributed by atoms with van der Waals surface area (Å²) in [7, 11) is 0. The number of rotatable bonds is 6. The maximum Gasteiger partial charge on any atom is 0.275 e. The molecule has 0 radical (unpaired) electrons. The smallest absolute Gasteiger partial charge is 0.275 e. The van der Waals surface area contributed by atoms with Crippen molar-refractivity contribution in [3.05, 3.63) is 83.0 Å². The second-order valence-corrected chi connectivity index (χ2v) is 5.93. The molecule has 7 heteroatoms. The lowest BCUT2D eigenvalue weighted by atomic mass is 10.1. The van der Waals surface area contributed by atoms with Crippen LogP contribution in [0.5, 0.6) is 0 Å². The summed E-state index contributed by atoms with van der Waals surface area (Å²) in [4.78, 5) is 20.5. The Kier molecular flexibility index (Phi) is 5.76. The summed E-state index contributed by atoms with van der Waals surface area (Å²) in [6, 6.07) is 13.3. The summed E-state index contributed by atoms with van der Waals surface area (Å²) >= 11 is 6.02. The number of hydrogen-bond donors (Lipinski definition) is 2. The number of halogens is 2. The fraction of sp³-hybridized carbons (Fsp3) is 0.105. The zero-order chi connectivity index (χ0) is 18.4. The Bertz CT molecular complexity index is 885. The first-order valence-electron chi connectivity index (χ1n) is 7.98. The quantitative estimate of drug-likeness (QED) is 0.683. The van der Waals surface area contributed by atoms with Crippen LogP contribution in [0.1, 0.15) is 16.1 Å². The van der Waals surface area contributed by atoms with Gasteiger partial charge in [-0.05, 0) is 36.2 Å². The Hall–Kier alpha value is -2.99. The average Bonchev–Trinajstić information content (AvgIpc) is 2.66. The first-order chi connectivity index (χ1) is 12.6. The summed E-state index contributed by atoms with van der Waals surface area (Å²) in [6.45, 7) is 0.617. The number of carbonyl (C=O) groups is 1. The molecule has 26 heavy (non-hydrogen) atoms. The lowest BCUT2D eigenvalue weighted by Gasteiger charge is -2.08. The molecule has 2 N–H and O–H groups in total. The Morgan fingerprint density at radius 1 is 1.04 bits per heavy atom. The van der Waals surface area contributed by atoms with E-state index >= 15 is 0 Å². The minimum Gasteiger partial charge on any atom is -0.368 e. The Morgan fingerprint density at radius 3 is 2.50 bits per heavy atom. The highest BCUT2D eigenvalue weighted by atomic mass is 35.5. The van der Waals surface area contributed by atoms with Gasteiger partial charge in [0.25, 0.3) is 5.91 Å². The number of carbonyl (C=O) groups excluding carboxylic acids is 1. The predicted octanol–water partition coefficient (Wildman–Crippen LogP) is 4.18. The van der Waals surface area contributed by atoms with Crippen LogP contribution in [-0.4, -0.2) is 22.4 Å². The molecule has 0 spiro atoms. The summed E-state index contributed by atoms with van der Waals surface area (Å²) in [6.07, 6.45) is 3.61. The molecule has 2 aromatic carbocycles. The summed E-state index contributed by atoms with van der Waals surface area (Å²) in [5, 5.41) is 6.26. The SMILES string of the molecule is O=C(Nc1ccccc1Cl)c1cnc(NCCc2ccc(F)cc2)cn1. The van der Waals surface area contributed by atoms with E-state index in [0.717, 1.165) is 12.0 Å². The van der Waals surface area contributed by atoms with Crippen LogP contribution in [-0.2, 0) is 6.42 Å². The largest absolute Gasteiger partial charge is 0.368 e. The van der Waals surface area contributed by atoms with Crippen LogP contribution in [0, 0.1) is 5.82 Å². The second-order valence-electron chi connectivity index (χ2n) is 5.52. The molecule has 1 aromatic heterocycles. The van der Waals surface area contributed by atoms with Crippen LogP contribution in [0.4, 0.5) is 15.9 Å². The van der Waals surface area contributed by atoms with Gasteiger partial charge in [0.1, 0.15) is 17.3 Å². The molecule has 132 valence electrons. The van der Waals surface area contributed by atoms with Crippen LogP contribution in [0.2, 0.25) is 5.02 Å². The maximum absolute atomic E-state index is 12.9. The van der Waals surface area contributed by atoms with Crippen molar-refractivity contribution in [2.75, 3.05) is 17.2 Å². The molecule has 0 aliphatic heterocycles. The van der Waals surface area contributed by atoms with E-state index in [2.05, 4.69) is 20.6 Å². The fourth-order valence-electron chi connectivity index (χ4n) is 2.27. The topological polar surface area (TPSA) is 66.9 Å². The Labute approximate surface area is 155 Å². The van der Waals surface area contributed by atoms with Crippen molar-refractivity contribution in [2.24, 2.45) is 0 Å². The number of nitrogens with zero attached hydrogens (tertiary/aromatic N) is 2. The second kappa shape index (κ2) is 8.40. The summed E-state index contributed by atoms with van der Waals surface area (Å²) in [5.74, 6) is -0.0805. The standard InChI is InChI=1S/C19H16ClFN4O/c20-15-3-1-2-4-16(15)25-19(26)17-11-24-18(12-23-17)22-10-9-13-5-7-14(21)8-6-13/h1-8,11-12H,9-10H2,(H,22,24)(H,25,26). The third-order valence-electron chi connectivity index (χ3n) is 3.64. The highest BCUT2D eigenvalue weighted by Gasteiger charge is 2.10. The summed E-state index contributed by atoms with van der Waals surface area (Å²) in [5.41, 5.74) is 1.72. The highest BCUT2D eigenvalue weighted by molar-refractivity contribution is 6.33. The predicted molar refractivity (Wildman–Crippen MR) is 100 cm³/mol. The lowest BCUT2D eigenvalue weighted by molar-refractivity contribution is 0.102. The van der Waals surface area contributed by atoms with Gasteiger partial charge in [-0.1, -0.05) is 35.9 Å². The van der Waals surface area contributed by atoms with E-state index in [1.165, 1.54) is 24.5 Å². The van der Waals surface area contributed by atoms with E-state index in [9.17, 15) is 9.18 Å². The molecule has 0 saturated carbocycles. The normalized spacial score (nSPS) is 10.4. The fourth-order valence-corrected chi connectivity index (χ4v) is 2.45. The first-order valence-corrected chi connectivity index (χ1v) is 8.36. The van der Waals surface area contributed by atoms with Gasteiger partial charge in [-0.3, -0.25) is 4.79 Å². The molecular formula is C19H16ClFN4O. The molecule has 0 bridgehead atoms. The molecule has 0 atom stereocenters. The van der Waals surface area contributed by atoms with E-state index < -0.39 is 0 Å². The van der Waals surface area contributed by atoms with Gasteiger partial charge in [0.15, 0.2) is 0 Å². The number of para-hydroxylation sites is 1. The highest BCUT2D eigenvalue weighted by Crippen LogP contribution is 2.20. The van der Waals surface area contributed by atoms with Gasteiger partial charge in [0.05, 0.1) is 23.1 Å². The van der Waals surface area contributed by atoms with E-state index in [1.807, 2.05) is 0 Å². The Morgan fingerprint density at radius 2 is 1.81 bits per heavy atom. The van der Waals surface area contributed by atoms with E-state index in [-0.39, 0.29) is 17.4 Å². The molecule has 0 fully saturated rings. The third kappa shape index (κ3) is 4.77. The van der Waals surface area contributed by atoms with Crippen molar-refractivity contribution >= 4 is 29.0 Å². The van der Waals surface area contributed by atoms with Crippen LogP contribution in [0.15, 0.2) is 60.9 Å². The van der Waals surface area contributed by atoms with Crippen molar-refractivity contribution in [1.82, 2.24) is 9.97 Å². The minimum atomic E-state index is -0.386. The van der Waals surface area contributed by atoms with Crippen molar-refractivity contribution in [2.45, 2.75) is 6.42 Å². The molecule has 0 aliphatic rings. The first kappa shape index (κ1) is 17.8. The molecule has 0 unspecified atom stereocenters. The van der Waals surface area contributed by atoms with Gasteiger partial charge >= 0.3 is 0 Å². The minimum absolute atomic E-state index is 0.189. The number of benzene rings is 2. The molecule has 3 rings (SSSR count). The van der Waals surface area contributed by atoms with Crippen LogP contribution in [0.25, 0.3) is 0 Å². The molecule has 5 nitrogen and oxygen atoms in total. The van der Waals surface area contributed by atoms with Crippen LogP contribution >= 0.6 is 11.6 Å². The Balaban J connectivity index is 1.53. The zero-order valence-electron chi connectivity index (χ0n) is 13.7. The van der Waals surface area contributed by atoms with Crippen LogP contribution in [0.3, 0.4) is 0 Å². The van der Waals surface area contributed by atoms with Gasteiger partial charge < -0.3 is 10.6 Å². The van der Waals surface area contributed by atoms with E-state index in [0.29, 0.717) is 23.1 Å². The number of nitrogens with one attached hydrogen (secondary N) is 2. The lowest BCUT2D eigenvalue weighted by Crippen LogP contribution is -2.15. The van der Waals surface area contributed by atoms with E-state index in [1.54, 1.807) is 36.4 Å². The zero-order valence-corrected chi connectivity index (χ0v) is 14.5. The van der Waals surface area contributed by atoms with Crippen molar-refractivity contribution < 1.29 is 9.18 Å². The van der Waals surface area contributed by atoms with Crippen LogP contribution < -0.4 is 10.6 Å². The van der Waals surface area contributed by atoms with Gasteiger partial charge in [0, 0.05) is 6.54 Å². The van der Waals surface area contributed by atoms with Gasteiger partial charge in [-0.2, -0.15) is 0 Å². The number of anilines is 2. The molecule has 3 aromatic rings. The molecule has 1 heterocycles. The van der Waals surface area contributed by atoms with E-state index in [4.69, 9.17) is 11.6 Å². The monoisotopic (exact) mass is 370 g/mol. The van der Waals surface area contributed by atoms with Crippen molar-refractivity contribution in [1.29, 1.82) is 0 Å². The molecular weight excluding hydrogens is 355 g/mol.